The molecule has 1 aliphatic rings. The maximum atomic E-state index is 11.0. The summed E-state index contributed by atoms with van der Waals surface area (Å²) in [6, 6.07) is -0.443. The van der Waals surface area contributed by atoms with Crippen LogP contribution in [-0.2, 0) is 11.3 Å². The second kappa shape index (κ2) is 4.41. The third kappa shape index (κ3) is 2.34. The molecular formula is C9H14N4O2. The lowest BCUT2D eigenvalue weighted by Gasteiger charge is -2.32. The molecule has 2 heterocycles. The number of nitrogens with zero attached hydrogens (tertiary/aromatic N) is 2. The monoisotopic (exact) mass is 210 g/mol. The second-order valence-corrected chi connectivity index (χ2v) is 3.61. The van der Waals surface area contributed by atoms with Crippen molar-refractivity contribution >= 4 is 5.97 Å². The highest BCUT2D eigenvalue weighted by Crippen LogP contribution is 2.08. The van der Waals surface area contributed by atoms with Crippen LogP contribution >= 0.6 is 0 Å². The molecule has 1 aliphatic heterocycles. The molecule has 1 aromatic heterocycles. The number of aromatic nitrogens is 2. The number of carboxylic acid groups (broad SMARTS) is 1. The van der Waals surface area contributed by atoms with Crippen molar-refractivity contribution in [3.63, 3.8) is 0 Å². The molecular weight excluding hydrogens is 196 g/mol. The molecule has 0 amide bonds. The van der Waals surface area contributed by atoms with Gasteiger partial charge in [-0.2, -0.15) is 0 Å². The number of aliphatic carboxylic acids is 1. The number of nitrogens with one attached hydrogen (secondary N) is 2. The van der Waals surface area contributed by atoms with Crippen LogP contribution in [0.4, 0.5) is 0 Å². The molecule has 0 bridgehead atoms. The van der Waals surface area contributed by atoms with E-state index < -0.39 is 12.0 Å². The van der Waals surface area contributed by atoms with E-state index in [1.54, 1.807) is 12.5 Å². The highest BCUT2D eigenvalue weighted by molar-refractivity contribution is 5.73. The van der Waals surface area contributed by atoms with E-state index in [0.29, 0.717) is 13.1 Å². The molecule has 1 aromatic rings. The first-order valence-electron chi connectivity index (χ1n) is 4.92. The van der Waals surface area contributed by atoms with E-state index in [0.717, 1.165) is 18.8 Å². The Bertz CT molecular complexity index is 325. The van der Waals surface area contributed by atoms with Gasteiger partial charge >= 0.3 is 5.97 Å². The average molecular weight is 210 g/mol. The van der Waals surface area contributed by atoms with Gasteiger partial charge in [-0.15, -0.1) is 0 Å². The van der Waals surface area contributed by atoms with Crippen LogP contribution in [-0.4, -0.2) is 51.6 Å². The summed E-state index contributed by atoms with van der Waals surface area (Å²) < 4.78 is 0. The third-order valence-corrected chi connectivity index (χ3v) is 2.57. The summed E-state index contributed by atoms with van der Waals surface area (Å²) in [6.45, 7) is 2.69. The molecule has 0 saturated carbocycles. The van der Waals surface area contributed by atoms with Crippen molar-refractivity contribution in [1.29, 1.82) is 0 Å². The number of hydrogen-bond donors (Lipinski definition) is 3. The van der Waals surface area contributed by atoms with Crippen LogP contribution in [0.5, 0.6) is 0 Å². The van der Waals surface area contributed by atoms with Gasteiger partial charge in [-0.3, -0.25) is 9.69 Å². The minimum atomic E-state index is -0.776. The first-order chi connectivity index (χ1) is 7.27. The fourth-order valence-corrected chi connectivity index (χ4v) is 1.77. The highest BCUT2D eigenvalue weighted by atomic mass is 16.4. The van der Waals surface area contributed by atoms with Crippen molar-refractivity contribution in [2.75, 3.05) is 19.6 Å². The SMILES string of the molecule is O=C(O)C1CNCCN1Cc1cnc[nH]1. The summed E-state index contributed by atoms with van der Waals surface area (Å²) in [5, 5.41) is 12.1. The molecule has 2 rings (SSSR count). The normalized spacial score (nSPS) is 22.8. The van der Waals surface area contributed by atoms with Crippen LogP contribution in [0.2, 0.25) is 0 Å². The van der Waals surface area contributed by atoms with Crippen LogP contribution in [0.25, 0.3) is 0 Å². The van der Waals surface area contributed by atoms with Gasteiger partial charge in [0.05, 0.1) is 6.33 Å². The molecule has 3 N–H and O–H groups in total. The van der Waals surface area contributed by atoms with Gasteiger partial charge in [0.25, 0.3) is 0 Å². The largest absolute Gasteiger partial charge is 0.480 e. The molecule has 0 radical (unpaired) electrons. The fraction of sp³-hybridized carbons (Fsp3) is 0.556. The Morgan fingerprint density at radius 3 is 3.27 bits per heavy atom. The van der Waals surface area contributed by atoms with E-state index in [9.17, 15) is 4.79 Å². The molecule has 6 heteroatoms. The van der Waals surface area contributed by atoms with E-state index in [-0.39, 0.29) is 0 Å². The van der Waals surface area contributed by atoms with Gasteiger partial charge in [0.15, 0.2) is 0 Å². The predicted molar refractivity (Wildman–Crippen MR) is 53.3 cm³/mol. The Balaban J connectivity index is 2.02. The van der Waals surface area contributed by atoms with Crippen LogP contribution in [0.15, 0.2) is 12.5 Å². The van der Waals surface area contributed by atoms with Gasteiger partial charge in [0, 0.05) is 38.1 Å². The molecule has 6 nitrogen and oxygen atoms in total. The van der Waals surface area contributed by atoms with Crippen molar-refractivity contribution in [1.82, 2.24) is 20.2 Å². The Labute approximate surface area is 87.3 Å². The maximum Gasteiger partial charge on any atom is 0.322 e. The number of imidazole rings is 1. The number of hydrogen-bond acceptors (Lipinski definition) is 4. The summed E-state index contributed by atoms with van der Waals surface area (Å²) in [5.41, 5.74) is 0.947. The zero-order valence-electron chi connectivity index (χ0n) is 8.31. The molecule has 15 heavy (non-hydrogen) atoms. The number of carbonyl (C=O) groups is 1. The first kappa shape index (κ1) is 10.1. The summed E-state index contributed by atoms with van der Waals surface area (Å²) in [7, 11) is 0. The number of carboxylic acids is 1. The molecule has 0 spiro atoms. The molecule has 1 saturated heterocycles. The van der Waals surface area contributed by atoms with E-state index in [1.807, 2.05) is 4.90 Å². The van der Waals surface area contributed by atoms with Crippen molar-refractivity contribution in [3.05, 3.63) is 18.2 Å². The topological polar surface area (TPSA) is 81.2 Å². The minimum Gasteiger partial charge on any atom is -0.480 e. The second-order valence-electron chi connectivity index (χ2n) is 3.61. The van der Waals surface area contributed by atoms with Gasteiger partial charge < -0.3 is 15.4 Å². The van der Waals surface area contributed by atoms with Gasteiger partial charge in [0.2, 0.25) is 0 Å². The Hall–Kier alpha value is -1.40. The average Bonchev–Trinajstić information content (AvgIpc) is 2.71. The maximum absolute atomic E-state index is 11.0. The third-order valence-electron chi connectivity index (χ3n) is 2.57. The quantitative estimate of drug-likeness (QED) is 0.612. The molecule has 0 aliphatic carbocycles. The molecule has 0 aromatic carbocycles. The van der Waals surface area contributed by atoms with E-state index in [4.69, 9.17) is 5.11 Å². The molecule has 82 valence electrons. The summed E-state index contributed by atoms with van der Waals surface area (Å²) in [4.78, 5) is 19.8. The minimum absolute atomic E-state index is 0.443. The number of H-pyrrole nitrogens is 1. The molecule has 1 atom stereocenters. The van der Waals surface area contributed by atoms with Crippen molar-refractivity contribution < 1.29 is 9.90 Å². The van der Waals surface area contributed by atoms with Crippen molar-refractivity contribution in [2.45, 2.75) is 12.6 Å². The van der Waals surface area contributed by atoms with Gasteiger partial charge in [-0.1, -0.05) is 0 Å². The standard InChI is InChI=1S/C9H14N4O2/c14-9(15)8-4-10-1-2-13(8)5-7-3-11-6-12-7/h3,6,8,10H,1-2,4-5H2,(H,11,12)(H,14,15). The Kier molecular flexibility index (Phi) is 2.98. The molecule has 1 unspecified atom stereocenters. The summed E-state index contributed by atoms with van der Waals surface area (Å²) >= 11 is 0. The summed E-state index contributed by atoms with van der Waals surface area (Å²) in [5.74, 6) is -0.776. The Morgan fingerprint density at radius 1 is 1.73 bits per heavy atom. The smallest absolute Gasteiger partial charge is 0.322 e. The lowest BCUT2D eigenvalue weighted by atomic mass is 10.2. The van der Waals surface area contributed by atoms with Crippen LogP contribution in [0.1, 0.15) is 5.69 Å². The van der Waals surface area contributed by atoms with Gasteiger partial charge in [0.1, 0.15) is 6.04 Å². The van der Waals surface area contributed by atoms with Crippen molar-refractivity contribution in [2.24, 2.45) is 0 Å². The zero-order chi connectivity index (χ0) is 10.7. The highest BCUT2D eigenvalue weighted by Gasteiger charge is 2.28. The number of aromatic amines is 1. The van der Waals surface area contributed by atoms with Crippen LogP contribution < -0.4 is 5.32 Å². The van der Waals surface area contributed by atoms with Crippen LogP contribution in [0.3, 0.4) is 0 Å². The predicted octanol–water partition coefficient (Wildman–Crippen LogP) is -0.732. The van der Waals surface area contributed by atoms with Gasteiger partial charge in [-0.25, -0.2) is 4.98 Å². The number of rotatable bonds is 3. The summed E-state index contributed by atoms with van der Waals surface area (Å²) in [6.07, 6.45) is 3.33. The Morgan fingerprint density at radius 2 is 2.60 bits per heavy atom. The fourth-order valence-electron chi connectivity index (χ4n) is 1.77. The number of piperazine rings is 1. The van der Waals surface area contributed by atoms with Gasteiger partial charge in [-0.05, 0) is 0 Å². The van der Waals surface area contributed by atoms with E-state index in [1.165, 1.54) is 0 Å². The van der Waals surface area contributed by atoms with Crippen molar-refractivity contribution in [3.8, 4) is 0 Å². The molecule has 1 fully saturated rings. The first-order valence-corrected chi connectivity index (χ1v) is 4.92. The lowest BCUT2D eigenvalue weighted by molar-refractivity contribution is -0.144. The van der Waals surface area contributed by atoms with E-state index in [2.05, 4.69) is 15.3 Å². The van der Waals surface area contributed by atoms with E-state index >= 15 is 0 Å². The zero-order valence-corrected chi connectivity index (χ0v) is 8.31. The van der Waals surface area contributed by atoms with Crippen LogP contribution in [0, 0.1) is 0 Å². The lowest BCUT2D eigenvalue weighted by Crippen LogP contribution is -2.54.